The van der Waals surface area contributed by atoms with E-state index in [0.717, 1.165) is 23.1 Å². The van der Waals surface area contributed by atoms with Crippen LogP contribution in [0.4, 0.5) is 17.1 Å². The van der Waals surface area contributed by atoms with Gasteiger partial charge in [0, 0.05) is 24.5 Å². The number of nitrogens with zero attached hydrogens (tertiary/aromatic N) is 2. The Labute approximate surface area is 187 Å². The normalized spacial score (nSPS) is 20.7. The highest BCUT2D eigenvalue weighted by atomic mass is 35.5. The summed E-state index contributed by atoms with van der Waals surface area (Å²) in [4.78, 5) is 27.3. The van der Waals surface area contributed by atoms with Crippen LogP contribution < -0.4 is 14.5 Å². The number of rotatable bonds is 4. The number of anilines is 3. The average molecular weight is 462 g/mol. The molecule has 2 fully saturated rings. The molecule has 0 bridgehead atoms. The van der Waals surface area contributed by atoms with Crippen LogP contribution in [0.3, 0.4) is 0 Å². The summed E-state index contributed by atoms with van der Waals surface area (Å²) in [7, 11) is -3.73. The van der Waals surface area contributed by atoms with Crippen LogP contribution in [0.2, 0.25) is 5.02 Å². The molecule has 0 aromatic heterocycles. The van der Waals surface area contributed by atoms with Gasteiger partial charge in [0.15, 0.2) is 0 Å². The lowest BCUT2D eigenvalue weighted by Gasteiger charge is -2.28. The van der Waals surface area contributed by atoms with Crippen molar-refractivity contribution < 1.29 is 18.0 Å². The molecule has 9 heteroatoms. The predicted molar refractivity (Wildman–Crippen MR) is 122 cm³/mol. The lowest BCUT2D eigenvalue weighted by molar-refractivity contribution is -0.119. The number of amides is 2. The van der Waals surface area contributed by atoms with E-state index in [1.165, 1.54) is 37.5 Å². The van der Waals surface area contributed by atoms with Gasteiger partial charge in [0.25, 0.3) is 5.91 Å². The molecule has 2 amide bonds. The van der Waals surface area contributed by atoms with Crippen LogP contribution in [0, 0.1) is 5.92 Å². The van der Waals surface area contributed by atoms with Gasteiger partial charge in [-0.15, -0.1) is 0 Å². The molecule has 2 saturated heterocycles. The number of carbonyl (C=O) groups excluding carboxylic acids is 2. The van der Waals surface area contributed by atoms with Crippen molar-refractivity contribution in [2.45, 2.75) is 26.2 Å². The molecule has 0 aliphatic carbocycles. The van der Waals surface area contributed by atoms with E-state index in [1.807, 2.05) is 24.3 Å². The van der Waals surface area contributed by atoms with Crippen molar-refractivity contribution in [3.63, 3.8) is 0 Å². The van der Waals surface area contributed by atoms with Gasteiger partial charge >= 0.3 is 0 Å². The number of hydrogen-bond donors (Lipinski definition) is 1. The van der Waals surface area contributed by atoms with Crippen molar-refractivity contribution in [2.24, 2.45) is 5.92 Å². The number of halogens is 1. The number of benzene rings is 2. The van der Waals surface area contributed by atoms with Gasteiger partial charge in [0.1, 0.15) is 0 Å². The molecule has 31 heavy (non-hydrogen) atoms. The van der Waals surface area contributed by atoms with Crippen LogP contribution in [-0.4, -0.2) is 39.1 Å². The molecule has 0 radical (unpaired) electrons. The summed E-state index contributed by atoms with van der Waals surface area (Å²) in [5, 5.41) is 2.88. The van der Waals surface area contributed by atoms with Crippen LogP contribution >= 0.6 is 11.6 Å². The summed E-state index contributed by atoms with van der Waals surface area (Å²) in [6.45, 7) is 3.66. The summed E-state index contributed by atoms with van der Waals surface area (Å²) in [5.41, 5.74) is 2.10. The first-order valence-electron chi connectivity index (χ1n) is 10.3. The molecular weight excluding hydrogens is 438 g/mol. The highest BCUT2D eigenvalue weighted by Gasteiger charge is 2.42. The van der Waals surface area contributed by atoms with Gasteiger partial charge in [-0.25, -0.2) is 12.7 Å². The minimum absolute atomic E-state index is 0.0717. The van der Waals surface area contributed by atoms with Gasteiger partial charge in [0.05, 0.1) is 27.9 Å². The lowest BCUT2D eigenvalue weighted by atomic mass is 10.1. The van der Waals surface area contributed by atoms with Gasteiger partial charge in [0.2, 0.25) is 15.9 Å². The zero-order valence-electron chi connectivity index (χ0n) is 17.2. The Morgan fingerprint density at radius 3 is 2.26 bits per heavy atom. The second kappa shape index (κ2) is 8.51. The summed E-state index contributed by atoms with van der Waals surface area (Å²) in [6.07, 6.45) is 3.65. The molecule has 4 rings (SSSR count). The van der Waals surface area contributed by atoms with Gasteiger partial charge in [-0.1, -0.05) is 18.5 Å². The highest BCUT2D eigenvalue weighted by Crippen LogP contribution is 2.32. The molecule has 0 saturated carbocycles. The molecule has 1 N–H and O–H groups in total. The zero-order chi connectivity index (χ0) is 22.2. The second-order valence-corrected chi connectivity index (χ2v) is 10.3. The quantitative estimate of drug-likeness (QED) is 0.746. The third kappa shape index (κ3) is 4.41. The van der Waals surface area contributed by atoms with Crippen molar-refractivity contribution in [3.05, 3.63) is 53.1 Å². The lowest BCUT2D eigenvalue weighted by Crippen LogP contribution is -2.30. The molecule has 2 heterocycles. The SMILES string of the molecule is C[C@@H]1CS(=O)(=O)N(c2ccc(C(=O)Nc3ccc(N4CCCCC4)cc3)c(Cl)c2)C1=O. The van der Waals surface area contributed by atoms with E-state index < -0.39 is 27.8 Å². The Morgan fingerprint density at radius 1 is 1.03 bits per heavy atom. The molecule has 7 nitrogen and oxygen atoms in total. The van der Waals surface area contributed by atoms with Gasteiger partial charge in [-0.05, 0) is 61.7 Å². The van der Waals surface area contributed by atoms with E-state index >= 15 is 0 Å². The summed E-state index contributed by atoms with van der Waals surface area (Å²) in [5.74, 6) is -1.76. The third-order valence-corrected chi connectivity index (χ3v) is 7.82. The number of piperidine rings is 1. The molecule has 0 spiro atoms. The smallest absolute Gasteiger partial charge is 0.257 e. The molecule has 164 valence electrons. The molecule has 2 aromatic carbocycles. The van der Waals surface area contributed by atoms with E-state index in [2.05, 4.69) is 10.2 Å². The standard InChI is InChI=1S/C22H24ClN3O4S/c1-15-14-31(29,30)26(22(15)28)18-9-10-19(20(23)13-18)21(27)24-16-5-7-17(8-6-16)25-11-3-2-4-12-25/h5-10,13,15H,2-4,11-12,14H2,1H3,(H,24,27)/t15-/m1/s1. The number of nitrogens with one attached hydrogen (secondary N) is 1. The van der Waals surface area contributed by atoms with Gasteiger partial charge in [-0.2, -0.15) is 0 Å². The van der Waals surface area contributed by atoms with Crippen LogP contribution in [0.15, 0.2) is 42.5 Å². The fraction of sp³-hybridized carbons (Fsp3) is 0.364. The molecule has 0 unspecified atom stereocenters. The van der Waals surface area contributed by atoms with Crippen LogP contribution in [0.25, 0.3) is 0 Å². The van der Waals surface area contributed by atoms with Crippen molar-refractivity contribution in [1.82, 2.24) is 0 Å². The Bertz CT molecular complexity index is 1110. The first-order chi connectivity index (χ1) is 14.8. The summed E-state index contributed by atoms with van der Waals surface area (Å²) in [6, 6.07) is 11.9. The Balaban J connectivity index is 1.48. The topological polar surface area (TPSA) is 86.8 Å². The van der Waals surface area contributed by atoms with Gasteiger partial charge in [-0.3, -0.25) is 9.59 Å². The van der Waals surface area contributed by atoms with Crippen molar-refractivity contribution in [2.75, 3.05) is 33.4 Å². The summed E-state index contributed by atoms with van der Waals surface area (Å²) < 4.78 is 25.3. The van der Waals surface area contributed by atoms with E-state index in [1.54, 1.807) is 6.92 Å². The van der Waals surface area contributed by atoms with Crippen LogP contribution in [0.5, 0.6) is 0 Å². The minimum atomic E-state index is -3.73. The van der Waals surface area contributed by atoms with Gasteiger partial charge < -0.3 is 10.2 Å². The van der Waals surface area contributed by atoms with E-state index in [-0.39, 0.29) is 22.0 Å². The van der Waals surface area contributed by atoms with Crippen molar-refractivity contribution in [3.8, 4) is 0 Å². The number of carbonyl (C=O) groups is 2. The molecule has 1 atom stereocenters. The maximum absolute atomic E-state index is 12.7. The summed E-state index contributed by atoms with van der Waals surface area (Å²) >= 11 is 6.27. The monoisotopic (exact) mass is 461 g/mol. The van der Waals surface area contributed by atoms with Crippen molar-refractivity contribution in [1.29, 1.82) is 0 Å². The molecule has 2 aromatic rings. The first kappa shape index (κ1) is 21.6. The maximum atomic E-state index is 12.7. The number of sulfonamides is 1. The molecule has 2 aliphatic rings. The fourth-order valence-corrected chi connectivity index (χ4v) is 6.08. The number of hydrogen-bond acceptors (Lipinski definition) is 5. The Morgan fingerprint density at radius 2 is 1.68 bits per heavy atom. The van der Waals surface area contributed by atoms with E-state index in [4.69, 9.17) is 11.6 Å². The first-order valence-corrected chi connectivity index (χ1v) is 12.3. The highest BCUT2D eigenvalue weighted by molar-refractivity contribution is 7.94. The maximum Gasteiger partial charge on any atom is 0.257 e. The van der Waals surface area contributed by atoms with Crippen LogP contribution in [-0.2, 0) is 14.8 Å². The zero-order valence-corrected chi connectivity index (χ0v) is 18.7. The Hall–Kier alpha value is -2.58. The third-order valence-electron chi connectivity index (χ3n) is 5.64. The van der Waals surface area contributed by atoms with Crippen molar-refractivity contribution >= 4 is 50.5 Å². The van der Waals surface area contributed by atoms with E-state index in [9.17, 15) is 18.0 Å². The predicted octanol–water partition coefficient (Wildman–Crippen LogP) is 3.90. The van der Waals surface area contributed by atoms with E-state index in [0.29, 0.717) is 5.69 Å². The second-order valence-electron chi connectivity index (χ2n) is 8.00. The molecular formula is C22H24ClN3O4S. The average Bonchev–Trinajstić information content (AvgIpc) is 2.95. The largest absolute Gasteiger partial charge is 0.372 e. The van der Waals surface area contributed by atoms with Crippen LogP contribution in [0.1, 0.15) is 36.5 Å². The minimum Gasteiger partial charge on any atom is -0.372 e. The molecule has 2 aliphatic heterocycles. The fourth-order valence-electron chi connectivity index (χ4n) is 4.01. The Kier molecular flexibility index (Phi) is 5.94.